The Kier molecular flexibility index (Phi) is 8.33. The van der Waals surface area contributed by atoms with Gasteiger partial charge in [0.25, 0.3) is 0 Å². The van der Waals surface area contributed by atoms with Crippen LogP contribution in [-0.2, 0) is 14.3 Å². The van der Waals surface area contributed by atoms with Gasteiger partial charge >= 0.3 is 5.97 Å². The molecule has 0 radical (unpaired) electrons. The first-order valence-corrected chi connectivity index (χ1v) is 5.57. The Morgan fingerprint density at radius 3 is 2.47 bits per heavy atom. The third-order valence-electron chi connectivity index (χ3n) is 1.85. The van der Waals surface area contributed by atoms with Gasteiger partial charge in [0.1, 0.15) is 12.6 Å². The maximum Gasteiger partial charge on any atom is 0.322 e. The molecule has 0 bridgehead atoms. The molecule has 0 rings (SSSR count). The first kappa shape index (κ1) is 14.4. The summed E-state index contributed by atoms with van der Waals surface area (Å²) in [6.45, 7) is 7.54. The second-order valence-corrected chi connectivity index (χ2v) is 4.02. The molecule has 90 valence electrons. The number of carbonyl (C=O) groups is 1. The standard InChI is InChI=1S/C11H23NO3/c1-4-5-14-6-7-15-11(13)10(12)8-9(2)3/h9-10H,4-8,12H2,1-3H3. The molecule has 0 saturated heterocycles. The van der Waals surface area contributed by atoms with Crippen molar-refractivity contribution in [2.24, 2.45) is 11.7 Å². The van der Waals surface area contributed by atoms with Crippen molar-refractivity contribution in [3.63, 3.8) is 0 Å². The molecule has 0 amide bonds. The van der Waals surface area contributed by atoms with Crippen molar-refractivity contribution in [1.29, 1.82) is 0 Å². The molecule has 0 aromatic carbocycles. The van der Waals surface area contributed by atoms with Gasteiger partial charge in [-0.2, -0.15) is 0 Å². The Hall–Kier alpha value is -0.610. The van der Waals surface area contributed by atoms with Crippen LogP contribution in [0.15, 0.2) is 0 Å². The van der Waals surface area contributed by atoms with E-state index in [1.54, 1.807) is 0 Å². The number of hydrogen-bond acceptors (Lipinski definition) is 4. The molecule has 4 nitrogen and oxygen atoms in total. The maximum absolute atomic E-state index is 11.3. The second kappa shape index (κ2) is 8.68. The van der Waals surface area contributed by atoms with Crippen LogP contribution in [0.4, 0.5) is 0 Å². The first-order valence-electron chi connectivity index (χ1n) is 5.57. The lowest BCUT2D eigenvalue weighted by atomic mass is 10.1. The topological polar surface area (TPSA) is 61.5 Å². The van der Waals surface area contributed by atoms with E-state index in [0.717, 1.165) is 6.42 Å². The van der Waals surface area contributed by atoms with Crippen molar-refractivity contribution in [1.82, 2.24) is 0 Å². The molecule has 1 atom stereocenters. The van der Waals surface area contributed by atoms with Gasteiger partial charge in [0.15, 0.2) is 0 Å². The van der Waals surface area contributed by atoms with Crippen LogP contribution in [0.1, 0.15) is 33.6 Å². The Morgan fingerprint density at radius 2 is 1.93 bits per heavy atom. The van der Waals surface area contributed by atoms with Crippen LogP contribution in [0, 0.1) is 5.92 Å². The fraction of sp³-hybridized carbons (Fsp3) is 0.909. The summed E-state index contributed by atoms with van der Waals surface area (Å²) in [6, 6.07) is -0.504. The first-order chi connectivity index (χ1) is 7.07. The third-order valence-corrected chi connectivity index (χ3v) is 1.85. The summed E-state index contributed by atoms with van der Waals surface area (Å²) >= 11 is 0. The molecule has 0 fully saturated rings. The number of rotatable bonds is 8. The Morgan fingerprint density at radius 1 is 1.27 bits per heavy atom. The average Bonchev–Trinajstić information content (AvgIpc) is 2.16. The molecule has 0 saturated carbocycles. The van der Waals surface area contributed by atoms with Crippen LogP contribution < -0.4 is 5.73 Å². The summed E-state index contributed by atoms with van der Waals surface area (Å²) < 4.78 is 10.1. The van der Waals surface area contributed by atoms with Gasteiger partial charge in [0.05, 0.1) is 6.61 Å². The van der Waals surface area contributed by atoms with Gasteiger partial charge in [-0.3, -0.25) is 4.79 Å². The molecule has 0 aliphatic rings. The van der Waals surface area contributed by atoms with Crippen LogP contribution in [0.3, 0.4) is 0 Å². The number of carbonyl (C=O) groups excluding carboxylic acids is 1. The van der Waals surface area contributed by atoms with Gasteiger partial charge in [0, 0.05) is 6.61 Å². The summed E-state index contributed by atoms with van der Waals surface area (Å²) in [5.41, 5.74) is 5.64. The zero-order valence-electron chi connectivity index (χ0n) is 9.99. The molecule has 0 aromatic rings. The fourth-order valence-corrected chi connectivity index (χ4v) is 1.16. The van der Waals surface area contributed by atoms with Gasteiger partial charge < -0.3 is 15.2 Å². The molecule has 0 aromatic heterocycles. The lowest BCUT2D eigenvalue weighted by molar-refractivity contribution is -0.147. The van der Waals surface area contributed by atoms with Crippen LogP contribution >= 0.6 is 0 Å². The lowest BCUT2D eigenvalue weighted by Gasteiger charge is -2.13. The van der Waals surface area contributed by atoms with E-state index in [9.17, 15) is 4.79 Å². The van der Waals surface area contributed by atoms with Crippen molar-refractivity contribution in [2.75, 3.05) is 19.8 Å². The second-order valence-electron chi connectivity index (χ2n) is 4.02. The zero-order valence-corrected chi connectivity index (χ0v) is 9.99. The number of ether oxygens (including phenoxy) is 2. The van der Waals surface area contributed by atoms with Crippen molar-refractivity contribution >= 4 is 5.97 Å². The van der Waals surface area contributed by atoms with Crippen LogP contribution in [0.2, 0.25) is 0 Å². The van der Waals surface area contributed by atoms with E-state index >= 15 is 0 Å². The summed E-state index contributed by atoms with van der Waals surface area (Å²) in [6.07, 6.45) is 1.63. The minimum atomic E-state index is -0.504. The molecule has 15 heavy (non-hydrogen) atoms. The van der Waals surface area contributed by atoms with Crippen molar-refractivity contribution < 1.29 is 14.3 Å². The van der Waals surface area contributed by atoms with E-state index in [1.807, 2.05) is 20.8 Å². The van der Waals surface area contributed by atoms with E-state index in [0.29, 0.717) is 32.2 Å². The van der Waals surface area contributed by atoms with Gasteiger partial charge in [-0.15, -0.1) is 0 Å². The zero-order chi connectivity index (χ0) is 11.7. The summed E-state index contributed by atoms with van der Waals surface area (Å²) in [5.74, 6) is 0.0766. The molecule has 1 unspecified atom stereocenters. The van der Waals surface area contributed by atoms with Crippen molar-refractivity contribution in [3.05, 3.63) is 0 Å². The quantitative estimate of drug-likeness (QED) is 0.492. The number of nitrogens with two attached hydrogens (primary N) is 1. The Balaban J connectivity index is 3.47. The van der Waals surface area contributed by atoms with E-state index in [1.165, 1.54) is 0 Å². The van der Waals surface area contributed by atoms with Crippen LogP contribution in [-0.4, -0.2) is 31.8 Å². The fourth-order valence-electron chi connectivity index (χ4n) is 1.16. The van der Waals surface area contributed by atoms with E-state index in [2.05, 4.69) is 0 Å². The molecular formula is C11H23NO3. The monoisotopic (exact) mass is 217 g/mol. The van der Waals surface area contributed by atoms with Gasteiger partial charge in [-0.05, 0) is 18.8 Å². The molecular weight excluding hydrogens is 194 g/mol. The molecule has 0 aliphatic carbocycles. The minimum Gasteiger partial charge on any atom is -0.462 e. The highest BCUT2D eigenvalue weighted by Gasteiger charge is 2.15. The van der Waals surface area contributed by atoms with Crippen LogP contribution in [0.5, 0.6) is 0 Å². The highest BCUT2D eigenvalue weighted by atomic mass is 16.6. The van der Waals surface area contributed by atoms with E-state index < -0.39 is 6.04 Å². The third kappa shape index (κ3) is 8.39. The Labute approximate surface area is 92.1 Å². The minimum absolute atomic E-state index is 0.296. The molecule has 2 N–H and O–H groups in total. The van der Waals surface area contributed by atoms with Gasteiger partial charge in [0.2, 0.25) is 0 Å². The van der Waals surface area contributed by atoms with Crippen LogP contribution in [0.25, 0.3) is 0 Å². The number of hydrogen-bond donors (Lipinski definition) is 1. The van der Waals surface area contributed by atoms with Crippen molar-refractivity contribution in [3.8, 4) is 0 Å². The average molecular weight is 217 g/mol. The highest BCUT2D eigenvalue weighted by molar-refractivity contribution is 5.75. The molecule has 4 heteroatoms. The van der Waals surface area contributed by atoms with E-state index in [4.69, 9.17) is 15.2 Å². The largest absolute Gasteiger partial charge is 0.462 e. The van der Waals surface area contributed by atoms with Gasteiger partial charge in [-0.25, -0.2) is 0 Å². The normalized spacial score (nSPS) is 12.9. The molecule has 0 aliphatic heterocycles. The molecule has 0 heterocycles. The van der Waals surface area contributed by atoms with E-state index in [-0.39, 0.29) is 5.97 Å². The lowest BCUT2D eigenvalue weighted by Crippen LogP contribution is -2.34. The molecule has 0 spiro atoms. The summed E-state index contributed by atoms with van der Waals surface area (Å²) in [4.78, 5) is 11.3. The highest BCUT2D eigenvalue weighted by Crippen LogP contribution is 2.03. The predicted molar refractivity (Wildman–Crippen MR) is 59.5 cm³/mol. The van der Waals surface area contributed by atoms with Crippen molar-refractivity contribution in [2.45, 2.75) is 39.7 Å². The SMILES string of the molecule is CCCOCCOC(=O)C(N)CC(C)C. The van der Waals surface area contributed by atoms with Gasteiger partial charge in [-0.1, -0.05) is 20.8 Å². The summed E-state index contributed by atoms with van der Waals surface area (Å²) in [7, 11) is 0. The maximum atomic E-state index is 11.3. The number of esters is 1. The predicted octanol–water partition coefficient (Wildman–Crippen LogP) is 1.33. The smallest absolute Gasteiger partial charge is 0.322 e. The summed E-state index contributed by atoms with van der Waals surface area (Å²) in [5, 5.41) is 0. The Bertz CT molecular complexity index is 171.